The molecule has 0 amide bonds. The van der Waals surface area contributed by atoms with E-state index in [9.17, 15) is 19.1 Å². The van der Waals surface area contributed by atoms with Crippen LogP contribution in [0.4, 0.5) is 4.39 Å². The van der Waals surface area contributed by atoms with Gasteiger partial charge in [-0.25, -0.2) is 14.2 Å². The first-order valence-corrected chi connectivity index (χ1v) is 10.3. The van der Waals surface area contributed by atoms with Gasteiger partial charge in [0.15, 0.2) is 6.10 Å². The molecule has 4 heterocycles. The van der Waals surface area contributed by atoms with Crippen molar-refractivity contribution >= 4 is 16.9 Å². The van der Waals surface area contributed by atoms with E-state index in [0.29, 0.717) is 34.6 Å². The first-order valence-electron chi connectivity index (χ1n) is 10.3. The molecule has 0 spiro atoms. The lowest BCUT2D eigenvalue weighted by Crippen LogP contribution is -2.32. The van der Waals surface area contributed by atoms with Crippen molar-refractivity contribution in [2.75, 3.05) is 13.1 Å². The molecule has 5 rings (SSSR count). The summed E-state index contributed by atoms with van der Waals surface area (Å²) in [7, 11) is 0. The van der Waals surface area contributed by atoms with E-state index in [1.54, 1.807) is 23.6 Å². The molecule has 0 saturated carbocycles. The van der Waals surface area contributed by atoms with Crippen LogP contribution in [0, 0.1) is 24.6 Å². The lowest BCUT2D eigenvalue weighted by molar-refractivity contribution is -0.157. The summed E-state index contributed by atoms with van der Waals surface area (Å²) >= 11 is 0. The number of aliphatic hydroxyl groups is 1. The number of cyclic esters (lactones) is 1. The number of benzene rings is 1. The second-order valence-electron chi connectivity index (χ2n) is 7.88. The Labute approximate surface area is 182 Å². The van der Waals surface area contributed by atoms with Crippen LogP contribution in [0.15, 0.2) is 23.0 Å². The molecule has 1 aromatic carbocycles. The Morgan fingerprint density at radius 3 is 2.91 bits per heavy atom. The third-order valence-electron chi connectivity index (χ3n) is 5.91. The number of hydrogen-bond acceptors (Lipinski definition) is 6. The number of aliphatic hydroxyl groups excluding tert-OH is 1. The molecule has 32 heavy (non-hydrogen) atoms. The standard InChI is InChI=1S/C24H20FN3O4/c1-3-26-6-4-5-13-14-7-12(2)18(25)9-19(14)27-21-16(13)10-28-20(21)8-15-17(23(28)30)11-32-24(31)22(15)29/h7-9,22,26,29H,3,6,10-11H2,1-2H3/t22-/m0/s1. The van der Waals surface area contributed by atoms with Crippen molar-refractivity contribution in [2.45, 2.75) is 33.1 Å². The summed E-state index contributed by atoms with van der Waals surface area (Å²) in [5.41, 5.74) is 3.46. The van der Waals surface area contributed by atoms with Gasteiger partial charge in [-0.3, -0.25) is 4.79 Å². The Bertz CT molecular complexity index is 1430. The van der Waals surface area contributed by atoms with Crippen molar-refractivity contribution in [3.05, 3.63) is 62.2 Å². The van der Waals surface area contributed by atoms with Crippen LogP contribution in [0.2, 0.25) is 0 Å². The van der Waals surface area contributed by atoms with Gasteiger partial charge in [0.1, 0.15) is 12.4 Å². The number of carbonyl (C=O) groups is 1. The Balaban J connectivity index is 1.78. The number of esters is 1. The number of aryl methyl sites for hydroxylation is 1. The minimum absolute atomic E-state index is 0.185. The molecule has 0 saturated heterocycles. The van der Waals surface area contributed by atoms with Gasteiger partial charge in [-0.2, -0.15) is 0 Å². The fourth-order valence-electron chi connectivity index (χ4n) is 4.22. The van der Waals surface area contributed by atoms with Crippen molar-refractivity contribution in [2.24, 2.45) is 0 Å². The molecule has 0 unspecified atom stereocenters. The van der Waals surface area contributed by atoms with Crippen LogP contribution in [-0.2, 0) is 22.7 Å². The number of fused-ring (bicyclic) bond motifs is 5. The van der Waals surface area contributed by atoms with E-state index in [0.717, 1.165) is 17.5 Å². The zero-order valence-electron chi connectivity index (χ0n) is 17.6. The van der Waals surface area contributed by atoms with Crippen LogP contribution in [0.5, 0.6) is 0 Å². The molecule has 0 fully saturated rings. The van der Waals surface area contributed by atoms with Crippen LogP contribution in [0.3, 0.4) is 0 Å². The molecule has 2 aromatic heterocycles. The van der Waals surface area contributed by atoms with Gasteiger partial charge < -0.3 is 19.7 Å². The molecule has 0 radical (unpaired) electrons. The minimum Gasteiger partial charge on any atom is -0.458 e. The SMILES string of the molecule is CCNCC#Cc1c2c(nc3cc(F)c(C)cc13)-c1cc3c(c(=O)n1C2)COC(=O)[C@H]3O. The van der Waals surface area contributed by atoms with Crippen molar-refractivity contribution in [3.8, 4) is 23.2 Å². The van der Waals surface area contributed by atoms with Gasteiger partial charge in [0, 0.05) is 28.1 Å². The normalized spacial score (nSPS) is 16.1. The predicted molar refractivity (Wildman–Crippen MR) is 115 cm³/mol. The molecule has 2 aliphatic rings. The van der Waals surface area contributed by atoms with Gasteiger partial charge in [0.25, 0.3) is 5.56 Å². The van der Waals surface area contributed by atoms with E-state index in [1.807, 2.05) is 6.92 Å². The van der Waals surface area contributed by atoms with Crippen molar-refractivity contribution in [3.63, 3.8) is 0 Å². The number of pyridine rings is 2. The summed E-state index contributed by atoms with van der Waals surface area (Å²) in [5, 5.41) is 14.1. The average molecular weight is 433 g/mol. The van der Waals surface area contributed by atoms with Gasteiger partial charge in [-0.15, -0.1) is 0 Å². The summed E-state index contributed by atoms with van der Waals surface area (Å²) < 4.78 is 20.8. The lowest BCUT2D eigenvalue weighted by Gasteiger charge is -2.21. The summed E-state index contributed by atoms with van der Waals surface area (Å²) in [6.07, 6.45) is -1.53. The monoisotopic (exact) mass is 433 g/mol. The number of rotatable bonds is 2. The predicted octanol–water partition coefficient (Wildman–Crippen LogP) is 1.92. The smallest absolute Gasteiger partial charge is 0.340 e. The number of ether oxygens (including phenoxy) is 1. The number of carbonyl (C=O) groups excluding carboxylic acids is 1. The fourth-order valence-corrected chi connectivity index (χ4v) is 4.22. The Morgan fingerprint density at radius 1 is 1.31 bits per heavy atom. The Hall–Kier alpha value is -3.54. The van der Waals surface area contributed by atoms with Crippen molar-refractivity contribution in [1.82, 2.24) is 14.9 Å². The Morgan fingerprint density at radius 2 is 2.12 bits per heavy atom. The van der Waals surface area contributed by atoms with Crippen LogP contribution in [0.25, 0.3) is 22.3 Å². The largest absolute Gasteiger partial charge is 0.458 e. The highest BCUT2D eigenvalue weighted by molar-refractivity contribution is 5.91. The molecule has 7 nitrogen and oxygen atoms in total. The summed E-state index contributed by atoms with van der Waals surface area (Å²) in [4.78, 5) is 29.6. The first-order chi connectivity index (χ1) is 15.4. The highest BCUT2D eigenvalue weighted by atomic mass is 19.1. The quantitative estimate of drug-likeness (QED) is 0.285. The maximum Gasteiger partial charge on any atom is 0.340 e. The summed E-state index contributed by atoms with van der Waals surface area (Å²) in [5.74, 6) is 5.11. The summed E-state index contributed by atoms with van der Waals surface area (Å²) in [6, 6.07) is 4.70. The summed E-state index contributed by atoms with van der Waals surface area (Å²) in [6.45, 7) is 5.00. The molecule has 1 atom stereocenters. The van der Waals surface area contributed by atoms with E-state index in [2.05, 4.69) is 22.1 Å². The molecule has 2 N–H and O–H groups in total. The number of halogens is 1. The molecule has 162 valence electrons. The maximum atomic E-state index is 14.3. The van der Waals surface area contributed by atoms with Crippen molar-refractivity contribution < 1.29 is 19.0 Å². The number of aromatic nitrogens is 2. The van der Waals surface area contributed by atoms with E-state index in [-0.39, 0.29) is 35.7 Å². The van der Waals surface area contributed by atoms with Gasteiger partial charge in [0.2, 0.25) is 0 Å². The Kier molecular flexibility index (Phi) is 4.81. The lowest BCUT2D eigenvalue weighted by atomic mass is 9.98. The van der Waals surface area contributed by atoms with E-state index < -0.39 is 12.1 Å². The van der Waals surface area contributed by atoms with Gasteiger partial charge in [0.05, 0.1) is 35.6 Å². The molecular formula is C24H20FN3O4. The third-order valence-corrected chi connectivity index (χ3v) is 5.91. The average Bonchev–Trinajstić information content (AvgIpc) is 3.13. The first kappa shape index (κ1) is 20.4. The molecule has 0 aliphatic carbocycles. The highest BCUT2D eigenvalue weighted by Gasteiger charge is 2.34. The van der Waals surface area contributed by atoms with Gasteiger partial charge in [-0.1, -0.05) is 18.8 Å². The minimum atomic E-state index is -1.53. The zero-order valence-corrected chi connectivity index (χ0v) is 17.6. The van der Waals surface area contributed by atoms with Gasteiger partial charge >= 0.3 is 5.97 Å². The fraction of sp³-hybridized carbons (Fsp3) is 0.292. The number of nitrogens with one attached hydrogen (secondary N) is 1. The van der Waals surface area contributed by atoms with E-state index >= 15 is 0 Å². The molecule has 2 aliphatic heterocycles. The molecule has 3 aromatic rings. The van der Waals surface area contributed by atoms with Crippen LogP contribution in [0.1, 0.15) is 40.8 Å². The number of nitrogens with zero attached hydrogens (tertiary/aromatic N) is 2. The second kappa shape index (κ2) is 7.55. The van der Waals surface area contributed by atoms with Gasteiger partial charge in [-0.05, 0) is 31.2 Å². The van der Waals surface area contributed by atoms with Crippen LogP contribution >= 0.6 is 0 Å². The molecule has 0 bridgehead atoms. The number of hydrogen-bond donors (Lipinski definition) is 2. The van der Waals surface area contributed by atoms with Crippen LogP contribution < -0.4 is 10.9 Å². The maximum absolute atomic E-state index is 14.3. The zero-order chi connectivity index (χ0) is 22.6. The van der Waals surface area contributed by atoms with Crippen molar-refractivity contribution in [1.29, 1.82) is 0 Å². The topological polar surface area (TPSA) is 93.5 Å². The van der Waals surface area contributed by atoms with E-state index in [4.69, 9.17) is 4.74 Å². The second-order valence-corrected chi connectivity index (χ2v) is 7.88. The van der Waals surface area contributed by atoms with Crippen LogP contribution in [-0.4, -0.2) is 33.7 Å². The highest BCUT2D eigenvalue weighted by Crippen LogP contribution is 2.38. The molecular weight excluding hydrogens is 413 g/mol. The third kappa shape index (κ3) is 3.01. The van der Waals surface area contributed by atoms with E-state index in [1.165, 1.54) is 6.07 Å². The molecule has 8 heteroatoms.